The van der Waals surface area contributed by atoms with Gasteiger partial charge in [0.2, 0.25) is 5.09 Å². The van der Waals surface area contributed by atoms with E-state index >= 15 is 0 Å². The summed E-state index contributed by atoms with van der Waals surface area (Å²) < 4.78 is 32.4. The molecule has 2 heterocycles. The van der Waals surface area contributed by atoms with Gasteiger partial charge in [-0.15, -0.1) is 0 Å². The molecule has 2 rings (SSSR count). The van der Waals surface area contributed by atoms with Crippen molar-refractivity contribution >= 4 is 10.0 Å². The van der Waals surface area contributed by atoms with Crippen LogP contribution in [0.5, 0.6) is 0 Å². The molecule has 0 radical (unpaired) electrons. The lowest BCUT2D eigenvalue weighted by molar-refractivity contribution is 0.398. The number of hydrogen-bond donors (Lipinski definition) is 3. The van der Waals surface area contributed by atoms with Crippen molar-refractivity contribution in [3.8, 4) is 0 Å². The predicted molar refractivity (Wildman–Crippen MR) is 78.0 cm³/mol. The average molecular weight is 312 g/mol. The zero-order chi connectivity index (χ0) is 15.3. The Morgan fingerprint density at radius 2 is 2.24 bits per heavy atom. The number of nitrogens with zero attached hydrogens (tertiary/aromatic N) is 1. The SMILES string of the molecule is CCCNCc1ccc(S(=O)(=O)NC(C)c2cn[nH]c2)o1. The summed E-state index contributed by atoms with van der Waals surface area (Å²) in [7, 11) is -3.68. The molecule has 116 valence electrons. The zero-order valence-electron chi connectivity index (χ0n) is 12.1. The minimum Gasteiger partial charge on any atom is -0.447 e. The molecule has 0 spiro atoms. The standard InChI is InChI=1S/C13H20N4O3S/c1-3-6-14-9-12-4-5-13(20-12)21(18,19)17-10(2)11-7-15-16-8-11/h4-5,7-8,10,14,17H,3,6,9H2,1-2H3,(H,15,16). The lowest BCUT2D eigenvalue weighted by Gasteiger charge is -2.10. The Morgan fingerprint density at radius 1 is 1.43 bits per heavy atom. The quantitative estimate of drug-likeness (QED) is 0.642. The fraction of sp³-hybridized carbons (Fsp3) is 0.462. The van der Waals surface area contributed by atoms with Gasteiger partial charge in [0, 0.05) is 17.8 Å². The van der Waals surface area contributed by atoms with Crippen LogP contribution in [0.1, 0.15) is 37.6 Å². The summed E-state index contributed by atoms with van der Waals surface area (Å²) in [4.78, 5) is 0. The van der Waals surface area contributed by atoms with Crippen LogP contribution < -0.4 is 10.0 Å². The fourth-order valence-electron chi connectivity index (χ4n) is 1.84. The van der Waals surface area contributed by atoms with Gasteiger partial charge in [0.05, 0.1) is 12.7 Å². The average Bonchev–Trinajstić information content (AvgIpc) is 3.10. The highest BCUT2D eigenvalue weighted by Gasteiger charge is 2.22. The van der Waals surface area contributed by atoms with Gasteiger partial charge in [-0.05, 0) is 32.0 Å². The molecule has 2 aromatic heterocycles. The number of rotatable bonds is 8. The van der Waals surface area contributed by atoms with E-state index in [1.54, 1.807) is 25.4 Å². The lowest BCUT2D eigenvalue weighted by atomic mass is 10.2. The Labute approximate surface area is 124 Å². The number of hydrogen-bond acceptors (Lipinski definition) is 5. The molecule has 0 amide bonds. The van der Waals surface area contributed by atoms with E-state index in [2.05, 4.69) is 27.2 Å². The summed E-state index contributed by atoms with van der Waals surface area (Å²) in [5, 5.41) is 9.53. The first kappa shape index (κ1) is 15.7. The second-order valence-corrected chi connectivity index (χ2v) is 6.42. The van der Waals surface area contributed by atoms with Crippen LogP contribution in [0.2, 0.25) is 0 Å². The van der Waals surface area contributed by atoms with E-state index in [0.29, 0.717) is 12.3 Å². The van der Waals surface area contributed by atoms with E-state index in [1.165, 1.54) is 6.07 Å². The minimum absolute atomic E-state index is 0.0776. The van der Waals surface area contributed by atoms with Gasteiger partial charge in [0.1, 0.15) is 5.76 Å². The molecule has 0 fully saturated rings. The highest BCUT2D eigenvalue weighted by molar-refractivity contribution is 7.89. The molecule has 0 saturated heterocycles. The monoisotopic (exact) mass is 312 g/mol. The maximum Gasteiger partial charge on any atom is 0.274 e. The van der Waals surface area contributed by atoms with Crippen LogP contribution in [-0.4, -0.2) is 25.2 Å². The van der Waals surface area contributed by atoms with Gasteiger partial charge in [-0.1, -0.05) is 6.92 Å². The van der Waals surface area contributed by atoms with Gasteiger partial charge in [-0.3, -0.25) is 5.10 Å². The molecule has 0 saturated carbocycles. The van der Waals surface area contributed by atoms with Crippen LogP contribution in [0.25, 0.3) is 0 Å². The van der Waals surface area contributed by atoms with Crippen LogP contribution in [0.15, 0.2) is 34.0 Å². The van der Waals surface area contributed by atoms with Crippen molar-refractivity contribution in [1.29, 1.82) is 0 Å². The highest BCUT2D eigenvalue weighted by atomic mass is 32.2. The maximum atomic E-state index is 12.2. The van der Waals surface area contributed by atoms with E-state index < -0.39 is 10.0 Å². The second-order valence-electron chi connectivity index (χ2n) is 4.77. The fourth-order valence-corrected chi connectivity index (χ4v) is 3.02. The van der Waals surface area contributed by atoms with Crippen molar-refractivity contribution in [3.63, 3.8) is 0 Å². The molecule has 7 nitrogen and oxygen atoms in total. The summed E-state index contributed by atoms with van der Waals surface area (Å²) in [5.74, 6) is 0.597. The van der Waals surface area contributed by atoms with E-state index in [1.807, 2.05) is 0 Å². The zero-order valence-corrected chi connectivity index (χ0v) is 12.9. The summed E-state index contributed by atoms with van der Waals surface area (Å²) in [6.07, 6.45) is 4.24. The lowest BCUT2D eigenvalue weighted by Crippen LogP contribution is -2.26. The van der Waals surface area contributed by atoms with Crippen molar-refractivity contribution in [2.24, 2.45) is 0 Å². The Hall–Kier alpha value is -1.64. The first-order chi connectivity index (χ1) is 10.0. The van der Waals surface area contributed by atoms with E-state index in [-0.39, 0.29) is 11.1 Å². The normalized spacial score (nSPS) is 13.4. The Morgan fingerprint density at radius 3 is 2.90 bits per heavy atom. The number of nitrogens with one attached hydrogen (secondary N) is 3. The van der Waals surface area contributed by atoms with E-state index in [4.69, 9.17) is 4.42 Å². The van der Waals surface area contributed by atoms with Gasteiger partial charge in [0.15, 0.2) is 0 Å². The Kier molecular flexibility index (Phi) is 5.16. The van der Waals surface area contributed by atoms with Crippen LogP contribution in [-0.2, 0) is 16.6 Å². The van der Waals surface area contributed by atoms with Gasteiger partial charge in [0.25, 0.3) is 10.0 Å². The van der Waals surface area contributed by atoms with Crippen LogP contribution in [0, 0.1) is 0 Å². The number of H-pyrrole nitrogens is 1. The molecular formula is C13H20N4O3S. The third-order valence-corrected chi connectivity index (χ3v) is 4.39. The molecule has 8 heteroatoms. The van der Waals surface area contributed by atoms with Crippen molar-refractivity contribution in [2.75, 3.05) is 6.54 Å². The van der Waals surface area contributed by atoms with Crippen molar-refractivity contribution in [3.05, 3.63) is 35.9 Å². The van der Waals surface area contributed by atoms with Crippen molar-refractivity contribution < 1.29 is 12.8 Å². The molecule has 0 aromatic carbocycles. The molecular weight excluding hydrogens is 292 g/mol. The molecule has 0 aliphatic carbocycles. The van der Waals surface area contributed by atoms with Crippen LogP contribution in [0.3, 0.4) is 0 Å². The largest absolute Gasteiger partial charge is 0.447 e. The first-order valence-corrected chi connectivity index (χ1v) is 8.31. The molecule has 0 aliphatic rings. The third-order valence-electron chi connectivity index (χ3n) is 2.98. The maximum absolute atomic E-state index is 12.2. The topological polar surface area (TPSA) is 100 Å². The Balaban J connectivity index is 2.02. The minimum atomic E-state index is -3.68. The van der Waals surface area contributed by atoms with Crippen LogP contribution >= 0.6 is 0 Å². The molecule has 21 heavy (non-hydrogen) atoms. The second kappa shape index (κ2) is 6.88. The summed E-state index contributed by atoms with van der Waals surface area (Å²) in [6, 6.07) is 2.74. The van der Waals surface area contributed by atoms with Crippen molar-refractivity contribution in [2.45, 2.75) is 37.9 Å². The third kappa shape index (κ3) is 4.16. The molecule has 0 bridgehead atoms. The Bertz CT molecular complexity index is 649. The molecule has 2 aromatic rings. The van der Waals surface area contributed by atoms with E-state index in [0.717, 1.165) is 18.5 Å². The molecule has 1 atom stereocenters. The predicted octanol–water partition coefficient (Wildman–Crippen LogP) is 1.54. The number of sulfonamides is 1. The summed E-state index contributed by atoms with van der Waals surface area (Å²) in [5.41, 5.74) is 0.759. The smallest absolute Gasteiger partial charge is 0.274 e. The van der Waals surface area contributed by atoms with Crippen LogP contribution in [0.4, 0.5) is 0 Å². The summed E-state index contributed by atoms with van der Waals surface area (Å²) in [6.45, 7) is 5.18. The molecule has 0 aliphatic heterocycles. The highest BCUT2D eigenvalue weighted by Crippen LogP contribution is 2.18. The first-order valence-electron chi connectivity index (χ1n) is 6.83. The molecule has 1 unspecified atom stereocenters. The number of furan rings is 1. The van der Waals surface area contributed by atoms with Gasteiger partial charge in [-0.25, -0.2) is 13.1 Å². The molecule has 3 N–H and O–H groups in total. The summed E-state index contributed by atoms with van der Waals surface area (Å²) >= 11 is 0. The van der Waals surface area contributed by atoms with Gasteiger partial charge < -0.3 is 9.73 Å². The van der Waals surface area contributed by atoms with E-state index in [9.17, 15) is 8.42 Å². The number of aromatic nitrogens is 2. The van der Waals surface area contributed by atoms with Crippen molar-refractivity contribution in [1.82, 2.24) is 20.2 Å². The number of aromatic amines is 1. The van der Waals surface area contributed by atoms with Gasteiger partial charge in [-0.2, -0.15) is 5.10 Å². The van der Waals surface area contributed by atoms with Gasteiger partial charge >= 0.3 is 0 Å².